The van der Waals surface area contributed by atoms with Gasteiger partial charge in [0.25, 0.3) is 5.91 Å². The summed E-state index contributed by atoms with van der Waals surface area (Å²) in [7, 11) is 0. The average Bonchev–Trinajstić information content (AvgIpc) is 2.64. The van der Waals surface area contributed by atoms with Gasteiger partial charge in [-0.05, 0) is 43.2 Å². The highest BCUT2D eigenvalue weighted by atomic mass is 35.5. The van der Waals surface area contributed by atoms with Gasteiger partial charge in [-0.3, -0.25) is 9.59 Å². The number of anilines is 1. The molecule has 0 bridgehead atoms. The molecule has 0 atom stereocenters. The molecule has 0 fully saturated rings. The Morgan fingerprint density at radius 2 is 1.89 bits per heavy atom. The van der Waals surface area contributed by atoms with Crippen LogP contribution in [0.4, 0.5) is 5.69 Å². The molecule has 2 rings (SSSR count). The molecule has 4 N–H and O–H groups in total. The molecular formula is C20H26ClN3O3. The summed E-state index contributed by atoms with van der Waals surface area (Å²) >= 11 is 0. The smallest absolute Gasteiger partial charge is 0.253 e. The number of carbonyl (C=O) groups is 2. The summed E-state index contributed by atoms with van der Waals surface area (Å²) in [4.78, 5) is 24.3. The third-order valence-electron chi connectivity index (χ3n) is 3.68. The lowest BCUT2D eigenvalue weighted by molar-refractivity contribution is -0.116. The minimum absolute atomic E-state index is 0. The van der Waals surface area contributed by atoms with Gasteiger partial charge in [-0.15, -0.1) is 12.4 Å². The maximum atomic E-state index is 12.1. The molecule has 27 heavy (non-hydrogen) atoms. The van der Waals surface area contributed by atoms with Crippen molar-refractivity contribution in [1.29, 1.82) is 0 Å². The summed E-state index contributed by atoms with van der Waals surface area (Å²) in [6, 6.07) is 14.7. The Morgan fingerprint density at radius 1 is 1.11 bits per heavy atom. The number of aryl methyl sites for hydroxylation is 1. The molecule has 2 aromatic carbocycles. The maximum absolute atomic E-state index is 12.1. The molecule has 0 aliphatic rings. The van der Waals surface area contributed by atoms with Crippen molar-refractivity contribution in [1.82, 2.24) is 5.32 Å². The molecule has 0 radical (unpaired) electrons. The Hall–Kier alpha value is -2.57. The zero-order valence-electron chi connectivity index (χ0n) is 15.4. The highest BCUT2D eigenvalue weighted by Crippen LogP contribution is 2.16. The van der Waals surface area contributed by atoms with E-state index < -0.39 is 0 Å². The second-order valence-corrected chi connectivity index (χ2v) is 5.91. The second kappa shape index (κ2) is 11.9. The van der Waals surface area contributed by atoms with Gasteiger partial charge in [0.2, 0.25) is 5.91 Å². The molecule has 6 nitrogen and oxygen atoms in total. The standard InChI is InChI=1S/C20H25N3O3.ClH/c1-15-6-4-7-16(14-15)26-13-5-10-19(24)23-18-9-3-2-8-17(18)20(25)22-12-11-21;/h2-4,6-9,14H,5,10-13,21H2,1H3,(H,22,25)(H,23,24);1H. The summed E-state index contributed by atoms with van der Waals surface area (Å²) < 4.78 is 5.64. The Labute approximate surface area is 165 Å². The number of hydrogen-bond acceptors (Lipinski definition) is 4. The fourth-order valence-electron chi connectivity index (χ4n) is 2.41. The van der Waals surface area contributed by atoms with Crippen LogP contribution in [0.2, 0.25) is 0 Å². The molecule has 0 aliphatic heterocycles. The molecule has 0 spiro atoms. The monoisotopic (exact) mass is 391 g/mol. The molecular weight excluding hydrogens is 366 g/mol. The number of para-hydroxylation sites is 1. The van der Waals surface area contributed by atoms with Gasteiger partial charge in [0, 0.05) is 19.5 Å². The zero-order chi connectivity index (χ0) is 18.8. The lowest BCUT2D eigenvalue weighted by atomic mass is 10.1. The summed E-state index contributed by atoms with van der Waals surface area (Å²) in [6.45, 7) is 3.20. The van der Waals surface area contributed by atoms with Crippen molar-refractivity contribution in [3.05, 3.63) is 59.7 Å². The van der Waals surface area contributed by atoms with Crippen LogP contribution in [0.5, 0.6) is 5.75 Å². The van der Waals surface area contributed by atoms with E-state index in [1.54, 1.807) is 24.3 Å². The van der Waals surface area contributed by atoms with Crippen molar-refractivity contribution in [2.45, 2.75) is 19.8 Å². The first-order valence-electron chi connectivity index (χ1n) is 8.67. The van der Waals surface area contributed by atoms with E-state index in [0.29, 0.717) is 43.8 Å². The largest absolute Gasteiger partial charge is 0.494 e. The van der Waals surface area contributed by atoms with Gasteiger partial charge in [-0.25, -0.2) is 0 Å². The number of nitrogens with one attached hydrogen (secondary N) is 2. The van der Waals surface area contributed by atoms with E-state index in [2.05, 4.69) is 10.6 Å². The van der Waals surface area contributed by atoms with Crippen molar-refractivity contribution >= 4 is 29.9 Å². The molecule has 146 valence electrons. The highest BCUT2D eigenvalue weighted by Gasteiger charge is 2.12. The van der Waals surface area contributed by atoms with Gasteiger partial charge in [0.1, 0.15) is 5.75 Å². The minimum Gasteiger partial charge on any atom is -0.494 e. The number of carbonyl (C=O) groups excluding carboxylic acids is 2. The van der Waals surface area contributed by atoms with Crippen molar-refractivity contribution in [3.63, 3.8) is 0 Å². The van der Waals surface area contributed by atoms with Crippen LogP contribution in [0, 0.1) is 6.92 Å². The molecule has 0 unspecified atom stereocenters. The van der Waals surface area contributed by atoms with Gasteiger partial charge >= 0.3 is 0 Å². The molecule has 0 saturated heterocycles. The quantitative estimate of drug-likeness (QED) is 0.573. The number of amides is 2. The van der Waals surface area contributed by atoms with E-state index in [1.165, 1.54) is 0 Å². The topological polar surface area (TPSA) is 93.4 Å². The van der Waals surface area contributed by atoms with Crippen LogP contribution < -0.4 is 21.1 Å². The van der Waals surface area contributed by atoms with E-state index in [-0.39, 0.29) is 24.2 Å². The molecule has 2 aromatic rings. The molecule has 0 saturated carbocycles. The summed E-state index contributed by atoms with van der Waals surface area (Å²) in [5, 5.41) is 5.49. The van der Waals surface area contributed by atoms with Crippen LogP contribution in [0.3, 0.4) is 0 Å². The number of halogens is 1. The highest BCUT2D eigenvalue weighted by molar-refractivity contribution is 6.03. The zero-order valence-corrected chi connectivity index (χ0v) is 16.2. The molecule has 0 aliphatic carbocycles. The Morgan fingerprint density at radius 3 is 2.63 bits per heavy atom. The lowest BCUT2D eigenvalue weighted by Gasteiger charge is -2.11. The molecule has 7 heteroatoms. The second-order valence-electron chi connectivity index (χ2n) is 5.91. The maximum Gasteiger partial charge on any atom is 0.253 e. The molecule has 0 aromatic heterocycles. The Kier molecular flexibility index (Phi) is 9.93. The molecule has 2 amide bonds. The normalized spacial score (nSPS) is 9.85. The van der Waals surface area contributed by atoms with Crippen molar-refractivity contribution in [3.8, 4) is 5.75 Å². The number of ether oxygens (including phenoxy) is 1. The molecule has 0 heterocycles. The van der Waals surface area contributed by atoms with Gasteiger partial charge in [0.15, 0.2) is 0 Å². The Balaban J connectivity index is 0.00000364. The van der Waals surface area contributed by atoms with E-state index in [0.717, 1.165) is 11.3 Å². The van der Waals surface area contributed by atoms with Crippen LogP contribution in [0.25, 0.3) is 0 Å². The predicted octanol–water partition coefficient (Wildman–Crippen LogP) is 2.90. The minimum atomic E-state index is -0.255. The first-order chi connectivity index (χ1) is 12.6. The van der Waals surface area contributed by atoms with E-state index in [1.807, 2.05) is 31.2 Å². The SMILES string of the molecule is Cc1cccc(OCCCC(=O)Nc2ccccc2C(=O)NCCN)c1.Cl. The van der Waals surface area contributed by atoms with Crippen LogP contribution in [0.15, 0.2) is 48.5 Å². The van der Waals surface area contributed by atoms with Crippen LogP contribution in [-0.4, -0.2) is 31.5 Å². The fourth-order valence-corrected chi connectivity index (χ4v) is 2.41. The summed E-state index contributed by atoms with van der Waals surface area (Å²) in [6.07, 6.45) is 0.895. The summed E-state index contributed by atoms with van der Waals surface area (Å²) in [5.41, 5.74) is 7.44. The number of hydrogen-bond donors (Lipinski definition) is 3. The van der Waals surface area contributed by atoms with E-state index in [4.69, 9.17) is 10.5 Å². The third-order valence-corrected chi connectivity index (χ3v) is 3.68. The van der Waals surface area contributed by atoms with Crippen LogP contribution >= 0.6 is 12.4 Å². The number of rotatable bonds is 9. The third kappa shape index (κ3) is 7.68. The van der Waals surface area contributed by atoms with Gasteiger partial charge in [0.05, 0.1) is 17.9 Å². The fraction of sp³-hybridized carbons (Fsp3) is 0.300. The van der Waals surface area contributed by atoms with Crippen molar-refractivity contribution in [2.75, 3.05) is 25.0 Å². The van der Waals surface area contributed by atoms with E-state index >= 15 is 0 Å². The van der Waals surface area contributed by atoms with E-state index in [9.17, 15) is 9.59 Å². The van der Waals surface area contributed by atoms with Gasteiger partial charge < -0.3 is 21.1 Å². The van der Waals surface area contributed by atoms with Crippen molar-refractivity contribution < 1.29 is 14.3 Å². The van der Waals surface area contributed by atoms with Crippen LogP contribution in [-0.2, 0) is 4.79 Å². The van der Waals surface area contributed by atoms with Crippen LogP contribution in [0.1, 0.15) is 28.8 Å². The average molecular weight is 392 g/mol. The number of nitrogens with two attached hydrogens (primary N) is 1. The first-order valence-corrected chi connectivity index (χ1v) is 8.67. The predicted molar refractivity (Wildman–Crippen MR) is 110 cm³/mol. The van der Waals surface area contributed by atoms with Gasteiger partial charge in [-0.1, -0.05) is 24.3 Å². The van der Waals surface area contributed by atoms with Gasteiger partial charge in [-0.2, -0.15) is 0 Å². The van der Waals surface area contributed by atoms with Crippen molar-refractivity contribution in [2.24, 2.45) is 5.73 Å². The summed E-state index contributed by atoms with van der Waals surface area (Å²) in [5.74, 6) is 0.387. The number of benzene rings is 2. The first kappa shape index (κ1) is 22.5. The lowest BCUT2D eigenvalue weighted by Crippen LogP contribution is -2.30. The Bertz CT molecular complexity index is 753.